The molecular weight excluding hydrogens is 410 g/mol. The van der Waals surface area contributed by atoms with E-state index < -0.39 is 0 Å². The van der Waals surface area contributed by atoms with E-state index in [0.717, 1.165) is 33.9 Å². The van der Waals surface area contributed by atoms with E-state index >= 15 is 0 Å². The second-order valence-electron chi connectivity index (χ2n) is 7.17. The first-order chi connectivity index (χ1) is 15.0. The molecule has 1 aliphatic rings. The van der Waals surface area contributed by atoms with E-state index in [1.165, 1.54) is 11.8 Å². The van der Waals surface area contributed by atoms with Gasteiger partial charge in [0.25, 0.3) is 5.91 Å². The van der Waals surface area contributed by atoms with Crippen LogP contribution in [0.3, 0.4) is 0 Å². The highest BCUT2D eigenvalue weighted by Gasteiger charge is 2.31. The SMILES string of the molecule is COc1ccc(/C=C2\N=C(SCc3c(C)noc3C)N(Cc3ccccc3)C2=O)cc1. The number of nitrogens with zero attached hydrogens (tertiary/aromatic N) is 3. The minimum Gasteiger partial charge on any atom is -0.497 e. The van der Waals surface area contributed by atoms with Gasteiger partial charge >= 0.3 is 0 Å². The molecule has 1 amide bonds. The number of carbonyl (C=O) groups is 1. The molecule has 0 spiro atoms. The first-order valence-electron chi connectivity index (χ1n) is 9.90. The number of hydrogen-bond acceptors (Lipinski definition) is 6. The number of benzene rings is 2. The molecule has 158 valence electrons. The van der Waals surface area contributed by atoms with E-state index in [0.29, 0.717) is 23.2 Å². The lowest BCUT2D eigenvalue weighted by Crippen LogP contribution is -2.30. The van der Waals surface area contributed by atoms with Crippen molar-refractivity contribution in [3.05, 3.63) is 88.4 Å². The van der Waals surface area contributed by atoms with Gasteiger partial charge < -0.3 is 9.26 Å². The molecule has 2 aromatic carbocycles. The van der Waals surface area contributed by atoms with Crippen LogP contribution >= 0.6 is 11.8 Å². The van der Waals surface area contributed by atoms with Crippen LogP contribution in [0.4, 0.5) is 0 Å². The molecule has 31 heavy (non-hydrogen) atoms. The van der Waals surface area contributed by atoms with Gasteiger partial charge in [-0.2, -0.15) is 0 Å². The van der Waals surface area contributed by atoms with Crippen LogP contribution in [0.1, 0.15) is 28.1 Å². The minimum atomic E-state index is -0.110. The maximum absolute atomic E-state index is 13.2. The number of rotatable bonds is 6. The monoisotopic (exact) mass is 433 g/mol. The highest BCUT2D eigenvalue weighted by Crippen LogP contribution is 2.29. The summed E-state index contributed by atoms with van der Waals surface area (Å²) in [7, 11) is 1.63. The molecule has 0 bridgehead atoms. The van der Waals surface area contributed by atoms with Crippen LogP contribution in [0.2, 0.25) is 0 Å². The van der Waals surface area contributed by atoms with E-state index in [1.54, 1.807) is 12.0 Å². The zero-order chi connectivity index (χ0) is 21.8. The topological polar surface area (TPSA) is 67.9 Å². The second kappa shape index (κ2) is 9.22. The average Bonchev–Trinajstić information content (AvgIpc) is 3.26. The van der Waals surface area contributed by atoms with Gasteiger partial charge in [0.2, 0.25) is 0 Å². The van der Waals surface area contributed by atoms with Crippen LogP contribution < -0.4 is 4.74 Å². The second-order valence-corrected chi connectivity index (χ2v) is 8.11. The molecule has 0 saturated carbocycles. The van der Waals surface area contributed by atoms with Crippen molar-refractivity contribution in [2.24, 2.45) is 4.99 Å². The van der Waals surface area contributed by atoms with Crippen LogP contribution in [0.5, 0.6) is 5.75 Å². The first kappa shape index (κ1) is 20.9. The van der Waals surface area contributed by atoms with E-state index in [4.69, 9.17) is 9.26 Å². The van der Waals surface area contributed by atoms with Gasteiger partial charge in [-0.1, -0.05) is 59.4 Å². The summed E-state index contributed by atoms with van der Waals surface area (Å²) in [6.45, 7) is 4.28. The van der Waals surface area contributed by atoms with Gasteiger partial charge in [0.1, 0.15) is 17.2 Å². The standard InChI is InChI=1S/C24H23N3O3S/c1-16-21(17(2)30-26-16)15-31-24-25-22(13-18-9-11-20(29-3)12-10-18)23(28)27(24)14-19-7-5-4-6-8-19/h4-13H,14-15H2,1-3H3/b22-13-. The Labute approximate surface area is 185 Å². The molecule has 6 nitrogen and oxygen atoms in total. The van der Waals surface area contributed by atoms with Gasteiger partial charge in [-0.3, -0.25) is 9.69 Å². The Morgan fingerprint density at radius 2 is 1.84 bits per heavy atom. The van der Waals surface area contributed by atoms with Crippen LogP contribution in [-0.4, -0.2) is 28.2 Å². The molecule has 0 aliphatic carbocycles. The van der Waals surface area contributed by atoms with E-state index in [9.17, 15) is 4.79 Å². The fourth-order valence-corrected chi connectivity index (χ4v) is 4.40. The summed E-state index contributed by atoms with van der Waals surface area (Å²) in [5, 5.41) is 4.69. The van der Waals surface area contributed by atoms with Crippen molar-refractivity contribution in [2.45, 2.75) is 26.1 Å². The maximum atomic E-state index is 13.2. The van der Waals surface area contributed by atoms with Crippen molar-refractivity contribution >= 4 is 28.9 Å². The van der Waals surface area contributed by atoms with E-state index in [-0.39, 0.29) is 5.91 Å². The molecule has 0 unspecified atom stereocenters. The molecule has 2 heterocycles. The summed E-state index contributed by atoms with van der Waals surface area (Å²) in [5.41, 5.74) is 4.25. The zero-order valence-electron chi connectivity index (χ0n) is 17.7. The molecule has 0 saturated heterocycles. The molecule has 1 aliphatic heterocycles. The molecule has 1 aromatic heterocycles. The highest BCUT2D eigenvalue weighted by atomic mass is 32.2. The molecule has 0 radical (unpaired) electrons. The maximum Gasteiger partial charge on any atom is 0.278 e. The molecule has 7 heteroatoms. The zero-order valence-corrected chi connectivity index (χ0v) is 18.5. The summed E-state index contributed by atoms with van der Waals surface area (Å²) in [6, 6.07) is 17.5. The van der Waals surface area contributed by atoms with Crippen LogP contribution in [0.25, 0.3) is 6.08 Å². The van der Waals surface area contributed by atoms with Gasteiger partial charge in [0.05, 0.1) is 19.3 Å². The smallest absolute Gasteiger partial charge is 0.278 e. The Hall–Kier alpha value is -3.32. The Kier molecular flexibility index (Phi) is 6.23. The summed E-state index contributed by atoms with van der Waals surface area (Å²) in [4.78, 5) is 19.6. The lowest BCUT2D eigenvalue weighted by molar-refractivity contribution is -0.122. The van der Waals surface area contributed by atoms with Gasteiger partial charge in [-0.05, 0) is 43.2 Å². The van der Waals surface area contributed by atoms with Crippen molar-refractivity contribution in [1.29, 1.82) is 0 Å². The molecule has 0 fully saturated rings. The van der Waals surface area contributed by atoms with Gasteiger partial charge in [0.15, 0.2) is 5.17 Å². The quantitative estimate of drug-likeness (QED) is 0.513. The van der Waals surface area contributed by atoms with Gasteiger partial charge in [0, 0.05) is 11.3 Å². The van der Waals surface area contributed by atoms with Crippen molar-refractivity contribution in [3.63, 3.8) is 0 Å². The number of ether oxygens (including phenoxy) is 1. The summed E-state index contributed by atoms with van der Waals surface area (Å²) >= 11 is 1.52. The number of aromatic nitrogens is 1. The minimum absolute atomic E-state index is 0.110. The third-order valence-electron chi connectivity index (χ3n) is 5.04. The van der Waals surface area contributed by atoms with Crippen LogP contribution in [0, 0.1) is 13.8 Å². The van der Waals surface area contributed by atoms with Crippen molar-refractivity contribution in [2.75, 3.05) is 7.11 Å². The number of aryl methyl sites for hydroxylation is 2. The number of amidine groups is 1. The molecule has 0 atom stereocenters. The molecule has 0 N–H and O–H groups in total. The molecule has 3 aromatic rings. The number of carbonyl (C=O) groups excluding carboxylic acids is 1. The summed E-state index contributed by atoms with van der Waals surface area (Å²) in [6.07, 6.45) is 1.81. The van der Waals surface area contributed by atoms with Gasteiger partial charge in [-0.15, -0.1) is 0 Å². The fourth-order valence-electron chi connectivity index (χ4n) is 3.25. The Bertz CT molecular complexity index is 1120. The number of amides is 1. The van der Waals surface area contributed by atoms with E-state index in [2.05, 4.69) is 10.1 Å². The average molecular weight is 434 g/mol. The highest BCUT2D eigenvalue weighted by molar-refractivity contribution is 8.13. The number of hydrogen-bond donors (Lipinski definition) is 0. The Balaban J connectivity index is 1.61. The number of aliphatic imine (C=N–C) groups is 1. The van der Waals surface area contributed by atoms with Crippen LogP contribution in [0.15, 0.2) is 69.8 Å². The third kappa shape index (κ3) is 4.72. The Morgan fingerprint density at radius 1 is 1.10 bits per heavy atom. The van der Waals surface area contributed by atoms with Crippen molar-refractivity contribution in [1.82, 2.24) is 10.1 Å². The predicted octanol–water partition coefficient (Wildman–Crippen LogP) is 4.97. The molecular formula is C24H23N3O3S. The summed E-state index contributed by atoms with van der Waals surface area (Å²) < 4.78 is 10.5. The summed E-state index contributed by atoms with van der Waals surface area (Å²) in [5.74, 6) is 2.08. The third-order valence-corrected chi connectivity index (χ3v) is 6.04. The normalized spacial score (nSPS) is 14.9. The van der Waals surface area contributed by atoms with E-state index in [1.807, 2.05) is 74.5 Å². The molecule has 4 rings (SSSR count). The first-order valence-corrected chi connectivity index (χ1v) is 10.9. The van der Waals surface area contributed by atoms with Crippen molar-refractivity contribution in [3.8, 4) is 5.75 Å². The lowest BCUT2D eigenvalue weighted by atomic mass is 10.1. The predicted molar refractivity (Wildman–Crippen MR) is 123 cm³/mol. The Morgan fingerprint density at radius 3 is 2.48 bits per heavy atom. The lowest BCUT2D eigenvalue weighted by Gasteiger charge is -2.17. The van der Waals surface area contributed by atoms with Gasteiger partial charge in [-0.25, -0.2) is 4.99 Å². The largest absolute Gasteiger partial charge is 0.497 e. The van der Waals surface area contributed by atoms with Crippen LogP contribution in [-0.2, 0) is 17.1 Å². The van der Waals surface area contributed by atoms with Crippen molar-refractivity contribution < 1.29 is 14.1 Å². The number of thioether (sulfide) groups is 1. The number of methoxy groups -OCH3 is 1. The fraction of sp³-hybridized carbons (Fsp3) is 0.208.